The fourth-order valence-electron chi connectivity index (χ4n) is 1.68. The second kappa shape index (κ2) is 4.35. The fraction of sp³-hybridized carbons (Fsp3) is 0.250. The Labute approximate surface area is 93.7 Å². The van der Waals surface area contributed by atoms with Gasteiger partial charge in [0.2, 0.25) is 0 Å². The average molecular weight is 219 g/mol. The van der Waals surface area contributed by atoms with Crippen molar-refractivity contribution in [3.8, 4) is 0 Å². The number of aromatic nitrogens is 2. The van der Waals surface area contributed by atoms with Crippen LogP contribution in [0.2, 0.25) is 0 Å². The van der Waals surface area contributed by atoms with Crippen LogP contribution >= 0.6 is 0 Å². The fourth-order valence-corrected chi connectivity index (χ4v) is 1.68. The Bertz CT molecular complexity index is 474. The number of nitrogens with zero attached hydrogens (tertiary/aromatic N) is 2. The highest BCUT2D eigenvalue weighted by Gasteiger charge is 2.04. The number of hydrogen-bond acceptors (Lipinski definition) is 2. The predicted octanol–water partition coefficient (Wildman–Crippen LogP) is 2.22. The zero-order valence-electron chi connectivity index (χ0n) is 9.15. The van der Waals surface area contributed by atoms with Gasteiger partial charge in [-0.15, -0.1) is 0 Å². The number of imidazole rings is 1. The minimum absolute atomic E-state index is 0.218. The number of anilines is 1. The molecule has 0 atom stereocenters. The maximum Gasteiger partial charge on any atom is 0.141 e. The summed E-state index contributed by atoms with van der Waals surface area (Å²) in [6, 6.07) is 6.46. The molecule has 1 aromatic heterocycles. The third-order valence-corrected chi connectivity index (χ3v) is 2.46. The van der Waals surface area contributed by atoms with E-state index in [0.717, 1.165) is 17.8 Å². The molecule has 3 nitrogen and oxygen atoms in total. The van der Waals surface area contributed by atoms with Gasteiger partial charge in [0.05, 0.1) is 0 Å². The van der Waals surface area contributed by atoms with Crippen LogP contribution < -0.4 is 5.73 Å². The molecule has 0 aliphatic carbocycles. The molecule has 0 unspecified atom stereocenters. The van der Waals surface area contributed by atoms with Crippen LogP contribution in [0.4, 0.5) is 10.2 Å². The Hall–Kier alpha value is -1.84. The zero-order chi connectivity index (χ0) is 11.5. The maximum atomic E-state index is 12.7. The van der Waals surface area contributed by atoms with E-state index in [2.05, 4.69) is 4.98 Å². The molecule has 0 aliphatic rings. The lowest BCUT2D eigenvalue weighted by atomic mass is 10.2. The lowest BCUT2D eigenvalue weighted by Crippen LogP contribution is -2.03. The molecule has 4 heteroatoms. The van der Waals surface area contributed by atoms with Gasteiger partial charge in [-0.3, -0.25) is 0 Å². The molecule has 2 rings (SSSR count). The van der Waals surface area contributed by atoms with E-state index >= 15 is 0 Å². The third kappa shape index (κ3) is 2.21. The van der Waals surface area contributed by atoms with Gasteiger partial charge in [0, 0.05) is 19.2 Å². The van der Waals surface area contributed by atoms with E-state index < -0.39 is 0 Å². The van der Waals surface area contributed by atoms with Crippen molar-refractivity contribution >= 4 is 5.82 Å². The highest BCUT2D eigenvalue weighted by atomic mass is 19.1. The summed E-state index contributed by atoms with van der Waals surface area (Å²) in [4.78, 5) is 4.21. The average Bonchev–Trinajstić information content (AvgIpc) is 2.62. The summed E-state index contributed by atoms with van der Waals surface area (Å²) in [5, 5.41) is 0. The minimum Gasteiger partial charge on any atom is -0.382 e. The van der Waals surface area contributed by atoms with E-state index in [0.29, 0.717) is 12.4 Å². The van der Waals surface area contributed by atoms with Gasteiger partial charge in [-0.2, -0.15) is 0 Å². The van der Waals surface area contributed by atoms with Crippen molar-refractivity contribution < 1.29 is 4.39 Å². The normalized spacial score (nSPS) is 10.6. The largest absolute Gasteiger partial charge is 0.382 e. The second-order valence-corrected chi connectivity index (χ2v) is 3.69. The lowest BCUT2D eigenvalue weighted by molar-refractivity contribution is 0.626. The van der Waals surface area contributed by atoms with Crippen LogP contribution in [0.1, 0.15) is 18.3 Å². The van der Waals surface area contributed by atoms with Crippen LogP contribution in [0.3, 0.4) is 0 Å². The molecule has 0 saturated heterocycles. The molecule has 84 valence electrons. The zero-order valence-corrected chi connectivity index (χ0v) is 9.15. The van der Waals surface area contributed by atoms with Crippen LogP contribution in [0, 0.1) is 5.82 Å². The minimum atomic E-state index is -0.218. The summed E-state index contributed by atoms with van der Waals surface area (Å²) in [6.45, 7) is 2.70. The number of hydrogen-bond donors (Lipinski definition) is 1. The van der Waals surface area contributed by atoms with Crippen molar-refractivity contribution in [1.29, 1.82) is 0 Å². The smallest absolute Gasteiger partial charge is 0.141 e. The van der Waals surface area contributed by atoms with E-state index in [1.54, 1.807) is 12.1 Å². The Balaban J connectivity index is 2.22. The highest BCUT2D eigenvalue weighted by molar-refractivity contribution is 5.27. The van der Waals surface area contributed by atoms with Crippen LogP contribution in [0.25, 0.3) is 0 Å². The van der Waals surface area contributed by atoms with Gasteiger partial charge >= 0.3 is 0 Å². The first-order valence-electron chi connectivity index (χ1n) is 5.25. The van der Waals surface area contributed by atoms with E-state index in [-0.39, 0.29) is 5.82 Å². The Morgan fingerprint density at radius 1 is 1.31 bits per heavy atom. The first-order chi connectivity index (χ1) is 7.69. The molecular weight excluding hydrogens is 205 g/mol. The number of rotatable bonds is 3. The van der Waals surface area contributed by atoms with E-state index in [1.807, 2.05) is 17.7 Å². The number of halogens is 1. The van der Waals surface area contributed by atoms with Crippen LogP contribution in [-0.4, -0.2) is 9.55 Å². The van der Waals surface area contributed by atoms with E-state index in [9.17, 15) is 4.39 Å². The molecule has 16 heavy (non-hydrogen) atoms. The summed E-state index contributed by atoms with van der Waals surface area (Å²) < 4.78 is 14.7. The maximum absolute atomic E-state index is 12.7. The Morgan fingerprint density at radius 2 is 2.00 bits per heavy atom. The lowest BCUT2D eigenvalue weighted by Gasteiger charge is -2.05. The van der Waals surface area contributed by atoms with Crippen molar-refractivity contribution in [2.45, 2.75) is 19.9 Å². The van der Waals surface area contributed by atoms with Gasteiger partial charge in [-0.25, -0.2) is 9.37 Å². The summed E-state index contributed by atoms with van der Waals surface area (Å²) in [6.07, 6.45) is 2.64. The summed E-state index contributed by atoms with van der Waals surface area (Å²) >= 11 is 0. The molecular formula is C12H14FN3. The number of nitrogens with two attached hydrogens (primary N) is 1. The van der Waals surface area contributed by atoms with Crippen molar-refractivity contribution in [2.24, 2.45) is 0 Å². The van der Waals surface area contributed by atoms with Crippen molar-refractivity contribution in [3.63, 3.8) is 0 Å². The van der Waals surface area contributed by atoms with Gasteiger partial charge in [0.15, 0.2) is 0 Å². The molecule has 1 aromatic carbocycles. The van der Waals surface area contributed by atoms with Gasteiger partial charge in [0.25, 0.3) is 0 Å². The monoisotopic (exact) mass is 219 g/mol. The van der Waals surface area contributed by atoms with Gasteiger partial charge in [0.1, 0.15) is 17.5 Å². The van der Waals surface area contributed by atoms with Gasteiger partial charge in [-0.1, -0.05) is 19.1 Å². The van der Waals surface area contributed by atoms with E-state index in [1.165, 1.54) is 12.1 Å². The van der Waals surface area contributed by atoms with Crippen LogP contribution in [0.5, 0.6) is 0 Å². The summed E-state index contributed by atoms with van der Waals surface area (Å²) in [7, 11) is 0. The molecule has 0 aliphatic heterocycles. The predicted molar refractivity (Wildman–Crippen MR) is 61.5 cm³/mol. The van der Waals surface area contributed by atoms with E-state index in [4.69, 9.17) is 5.73 Å². The molecule has 2 N–H and O–H groups in total. The first kappa shape index (κ1) is 10.7. The topological polar surface area (TPSA) is 43.8 Å². The number of benzene rings is 1. The van der Waals surface area contributed by atoms with Gasteiger partial charge in [-0.05, 0) is 17.7 Å². The molecule has 2 aromatic rings. The Morgan fingerprint density at radius 3 is 2.62 bits per heavy atom. The molecule has 0 saturated carbocycles. The summed E-state index contributed by atoms with van der Waals surface area (Å²) in [5.74, 6) is 1.25. The third-order valence-electron chi connectivity index (χ3n) is 2.46. The quantitative estimate of drug-likeness (QED) is 0.860. The molecule has 0 fully saturated rings. The van der Waals surface area contributed by atoms with Crippen molar-refractivity contribution in [3.05, 3.63) is 47.7 Å². The second-order valence-electron chi connectivity index (χ2n) is 3.69. The SMILES string of the molecule is CCc1nc(N)cn1Cc1ccc(F)cc1. The van der Waals surface area contributed by atoms with Crippen molar-refractivity contribution in [1.82, 2.24) is 9.55 Å². The van der Waals surface area contributed by atoms with Crippen molar-refractivity contribution in [2.75, 3.05) is 5.73 Å². The summed E-state index contributed by atoms with van der Waals surface area (Å²) in [5.41, 5.74) is 6.68. The molecule has 0 bridgehead atoms. The molecule has 1 heterocycles. The van der Waals surface area contributed by atoms with Gasteiger partial charge < -0.3 is 10.3 Å². The number of nitrogen functional groups attached to an aromatic ring is 1. The molecule has 0 spiro atoms. The standard InChI is InChI=1S/C12H14FN3/c1-2-12-15-11(14)8-16(12)7-9-3-5-10(13)6-4-9/h3-6,8H,2,7,14H2,1H3. The molecule has 0 amide bonds. The Kier molecular flexibility index (Phi) is 2.90. The first-order valence-corrected chi connectivity index (χ1v) is 5.25. The van der Waals surface area contributed by atoms with Crippen LogP contribution in [-0.2, 0) is 13.0 Å². The van der Waals surface area contributed by atoms with Crippen LogP contribution in [0.15, 0.2) is 30.5 Å². The molecule has 0 radical (unpaired) electrons. The number of aryl methyl sites for hydroxylation is 1. The highest BCUT2D eigenvalue weighted by Crippen LogP contribution is 2.10.